The SMILES string of the molecule is CC(C)=CC(O)CC1(F)CC(F)O1. The third kappa shape index (κ3) is 3.04. The lowest BCUT2D eigenvalue weighted by Gasteiger charge is -2.37. The lowest BCUT2D eigenvalue weighted by Crippen LogP contribution is -2.46. The molecular formula is C9H14F2O2. The summed E-state index contributed by atoms with van der Waals surface area (Å²) in [6.45, 7) is 3.60. The van der Waals surface area contributed by atoms with Crippen LogP contribution in [0.15, 0.2) is 11.6 Å². The van der Waals surface area contributed by atoms with E-state index in [9.17, 15) is 13.9 Å². The first-order valence-electron chi connectivity index (χ1n) is 4.25. The monoisotopic (exact) mass is 192 g/mol. The van der Waals surface area contributed by atoms with Crippen molar-refractivity contribution in [1.82, 2.24) is 0 Å². The van der Waals surface area contributed by atoms with Gasteiger partial charge in [-0.15, -0.1) is 0 Å². The fourth-order valence-electron chi connectivity index (χ4n) is 1.35. The first-order valence-corrected chi connectivity index (χ1v) is 4.25. The van der Waals surface area contributed by atoms with Gasteiger partial charge >= 0.3 is 0 Å². The minimum Gasteiger partial charge on any atom is -0.389 e. The van der Waals surface area contributed by atoms with E-state index in [1.807, 2.05) is 0 Å². The lowest BCUT2D eigenvalue weighted by atomic mass is 10.0. The van der Waals surface area contributed by atoms with Crippen LogP contribution in [0.3, 0.4) is 0 Å². The van der Waals surface area contributed by atoms with Crippen molar-refractivity contribution < 1.29 is 18.6 Å². The molecule has 2 nitrogen and oxygen atoms in total. The number of rotatable bonds is 3. The Morgan fingerprint density at radius 3 is 2.69 bits per heavy atom. The summed E-state index contributed by atoms with van der Waals surface area (Å²) in [5.74, 6) is -1.97. The molecule has 0 radical (unpaired) electrons. The van der Waals surface area contributed by atoms with Crippen molar-refractivity contribution in [2.45, 2.75) is 45.0 Å². The molecule has 1 saturated heterocycles. The molecule has 1 aliphatic rings. The van der Waals surface area contributed by atoms with Crippen molar-refractivity contribution in [3.8, 4) is 0 Å². The summed E-state index contributed by atoms with van der Waals surface area (Å²) < 4.78 is 29.6. The zero-order chi connectivity index (χ0) is 10.1. The summed E-state index contributed by atoms with van der Waals surface area (Å²) in [4.78, 5) is 0. The van der Waals surface area contributed by atoms with Crippen molar-refractivity contribution in [2.24, 2.45) is 0 Å². The van der Waals surface area contributed by atoms with Crippen LogP contribution in [-0.2, 0) is 4.74 Å². The Morgan fingerprint density at radius 1 is 1.77 bits per heavy atom. The fourth-order valence-corrected chi connectivity index (χ4v) is 1.35. The van der Waals surface area contributed by atoms with E-state index in [0.717, 1.165) is 5.57 Å². The maximum Gasteiger partial charge on any atom is 0.219 e. The molecule has 0 spiro atoms. The third-order valence-corrected chi connectivity index (χ3v) is 1.84. The highest BCUT2D eigenvalue weighted by atomic mass is 19.2. The number of ether oxygens (including phenoxy) is 1. The number of hydrogen-bond acceptors (Lipinski definition) is 2. The predicted molar refractivity (Wildman–Crippen MR) is 44.5 cm³/mol. The topological polar surface area (TPSA) is 29.5 Å². The lowest BCUT2D eigenvalue weighted by molar-refractivity contribution is -0.325. The quantitative estimate of drug-likeness (QED) is 0.694. The van der Waals surface area contributed by atoms with Gasteiger partial charge in [0, 0.05) is 6.42 Å². The van der Waals surface area contributed by atoms with Gasteiger partial charge in [-0.2, -0.15) is 0 Å². The maximum atomic E-state index is 13.2. The minimum atomic E-state index is -1.97. The molecule has 0 saturated carbocycles. The van der Waals surface area contributed by atoms with Crippen LogP contribution in [0.5, 0.6) is 0 Å². The summed E-state index contributed by atoms with van der Waals surface area (Å²) in [6, 6.07) is 0. The Morgan fingerprint density at radius 2 is 2.31 bits per heavy atom. The summed E-state index contributed by atoms with van der Waals surface area (Å²) in [7, 11) is 0. The average molecular weight is 192 g/mol. The smallest absolute Gasteiger partial charge is 0.219 e. The molecule has 0 aromatic rings. The second-order valence-electron chi connectivity index (χ2n) is 3.63. The summed E-state index contributed by atoms with van der Waals surface area (Å²) in [5, 5.41) is 9.29. The Kier molecular flexibility index (Phi) is 3.03. The molecule has 3 atom stereocenters. The van der Waals surface area contributed by atoms with Gasteiger partial charge < -0.3 is 9.84 Å². The van der Waals surface area contributed by atoms with E-state index in [2.05, 4.69) is 4.74 Å². The van der Waals surface area contributed by atoms with E-state index >= 15 is 0 Å². The Bertz CT molecular complexity index is 206. The molecule has 1 heterocycles. The minimum absolute atomic E-state index is 0.196. The molecule has 0 bridgehead atoms. The van der Waals surface area contributed by atoms with Crippen LogP contribution < -0.4 is 0 Å². The molecule has 0 amide bonds. The van der Waals surface area contributed by atoms with Crippen LogP contribution in [-0.4, -0.2) is 23.4 Å². The molecule has 0 aromatic heterocycles. The number of aliphatic hydroxyl groups is 1. The van der Waals surface area contributed by atoms with Crippen LogP contribution in [0.25, 0.3) is 0 Å². The summed E-state index contributed by atoms with van der Waals surface area (Å²) in [5.41, 5.74) is 0.896. The van der Waals surface area contributed by atoms with Gasteiger partial charge in [0.1, 0.15) is 0 Å². The zero-order valence-electron chi connectivity index (χ0n) is 7.76. The number of halogens is 2. The third-order valence-electron chi connectivity index (χ3n) is 1.84. The van der Waals surface area contributed by atoms with Gasteiger partial charge in [0.05, 0.1) is 12.5 Å². The molecule has 0 aliphatic carbocycles. The van der Waals surface area contributed by atoms with E-state index in [0.29, 0.717) is 0 Å². The molecule has 1 aliphatic heterocycles. The molecule has 1 N–H and O–H groups in total. The average Bonchev–Trinajstić information content (AvgIpc) is 1.79. The van der Waals surface area contributed by atoms with E-state index in [1.54, 1.807) is 13.8 Å². The molecule has 1 rings (SSSR count). The Labute approximate surface area is 76.2 Å². The molecular weight excluding hydrogens is 178 g/mol. The van der Waals surface area contributed by atoms with Gasteiger partial charge in [0.15, 0.2) is 0 Å². The van der Waals surface area contributed by atoms with Gasteiger partial charge in [0.25, 0.3) is 0 Å². The number of hydrogen-bond donors (Lipinski definition) is 1. The number of allylic oxidation sites excluding steroid dienone is 1. The highest BCUT2D eigenvalue weighted by Gasteiger charge is 2.47. The predicted octanol–water partition coefficient (Wildman–Crippen LogP) is 2.09. The fraction of sp³-hybridized carbons (Fsp3) is 0.778. The maximum absolute atomic E-state index is 13.2. The molecule has 3 unspecified atom stereocenters. The van der Waals surface area contributed by atoms with E-state index in [-0.39, 0.29) is 12.8 Å². The van der Waals surface area contributed by atoms with Crippen molar-refractivity contribution >= 4 is 0 Å². The van der Waals surface area contributed by atoms with E-state index in [1.165, 1.54) is 6.08 Å². The molecule has 13 heavy (non-hydrogen) atoms. The standard InChI is InChI=1S/C9H14F2O2/c1-6(2)3-7(12)4-9(11)5-8(10)13-9/h3,7-8,12H,4-5H2,1-2H3. The van der Waals surface area contributed by atoms with Crippen LogP contribution in [0, 0.1) is 0 Å². The Balaban J connectivity index is 2.36. The van der Waals surface area contributed by atoms with Crippen molar-refractivity contribution in [3.05, 3.63) is 11.6 Å². The first-order chi connectivity index (χ1) is 5.91. The normalized spacial score (nSPS) is 35.0. The molecule has 4 heteroatoms. The van der Waals surface area contributed by atoms with Gasteiger partial charge in [0.2, 0.25) is 12.2 Å². The first kappa shape index (κ1) is 10.6. The van der Waals surface area contributed by atoms with Crippen LogP contribution in [0.1, 0.15) is 26.7 Å². The van der Waals surface area contributed by atoms with Crippen molar-refractivity contribution in [1.29, 1.82) is 0 Å². The van der Waals surface area contributed by atoms with E-state index < -0.39 is 18.3 Å². The van der Waals surface area contributed by atoms with Crippen molar-refractivity contribution in [3.63, 3.8) is 0 Å². The van der Waals surface area contributed by atoms with Gasteiger partial charge in [-0.05, 0) is 13.8 Å². The van der Waals surface area contributed by atoms with Gasteiger partial charge in [-0.1, -0.05) is 11.6 Å². The highest BCUT2D eigenvalue weighted by molar-refractivity contribution is 5.00. The largest absolute Gasteiger partial charge is 0.389 e. The van der Waals surface area contributed by atoms with Crippen molar-refractivity contribution in [2.75, 3.05) is 0 Å². The summed E-state index contributed by atoms with van der Waals surface area (Å²) >= 11 is 0. The number of aliphatic hydroxyl groups excluding tert-OH is 1. The Hall–Kier alpha value is -0.480. The van der Waals surface area contributed by atoms with E-state index in [4.69, 9.17) is 0 Å². The van der Waals surface area contributed by atoms with Crippen LogP contribution in [0.4, 0.5) is 8.78 Å². The molecule has 0 aromatic carbocycles. The zero-order valence-corrected chi connectivity index (χ0v) is 7.76. The van der Waals surface area contributed by atoms with Gasteiger partial charge in [-0.3, -0.25) is 0 Å². The second kappa shape index (κ2) is 3.72. The summed E-state index contributed by atoms with van der Waals surface area (Å²) in [6.07, 6.45) is -1.36. The van der Waals surface area contributed by atoms with Gasteiger partial charge in [-0.25, -0.2) is 8.78 Å². The number of alkyl halides is 2. The second-order valence-corrected chi connectivity index (χ2v) is 3.63. The van der Waals surface area contributed by atoms with Crippen LogP contribution >= 0.6 is 0 Å². The molecule has 1 fully saturated rings. The highest BCUT2D eigenvalue weighted by Crippen LogP contribution is 2.38. The van der Waals surface area contributed by atoms with Crippen LogP contribution in [0.2, 0.25) is 0 Å². The molecule has 76 valence electrons.